The van der Waals surface area contributed by atoms with Crippen LogP contribution in [-0.4, -0.2) is 29.9 Å². The SMILES string of the molecule is Cc1ccc(F)cc1Nc1ncc(C(=O)N(C)C)c2c(C)cccc12. The second-order valence-electron chi connectivity index (χ2n) is 6.30. The molecule has 1 heterocycles. The number of nitrogens with one attached hydrogen (secondary N) is 1. The number of halogens is 1. The molecule has 0 atom stereocenters. The Balaban J connectivity index is 2.18. The zero-order valence-electron chi connectivity index (χ0n) is 14.7. The minimum atomic E-state index is -0.312. The van der Waals surface area contributed by atoms with Crippen LogP contribution < -0.4 is 5.32 Å². The highest BCUT2D eigenvalue weighted by atomic mass is 19.1. The molecule has 0 fully saturated rings. The van der Waals surface area contributed by atoms with Crippen LogP contribution in [0.1, 0.15) is 21.5 Å². The van der Waals surface area contributed by atoms with E-state index in [0.717, 1.165) is 21.9 Å². The van der Waals surface area contributed by atoms with Gasteiger partial charge >= 0.3 is 0 Å². The number of hydrogen-bond donors (Lipinski definition) is 1. The second-order valence-corrected chi connectivity index (χ2v) is 6.30. The Morgan fingerprint density at radius 2 is 1.88 bits per heavy atom. The maximum Gasteiger partial charge on any atom is 0.255 e. The Kier molecular flexibility index (Phi) is 4.40. The molecule has 0 aliphatic heterocycles. The molecule has 25 heavy (non-hydrogen) atoms. The largest absolute Gasteiger partial charge is 0.345 e. The van der Waals surface area contributed by atoms with E-state index in [0.29, 0.717) is 17.1 Å². The van der Waals surface area contributed by atoms with Crippen LogP contribution in [0.4, 0.5) is 15.9 Å². The molecule has 1 amide bonds. The lowest BCUT2D eigenvalue weighted by Gasteiger charge is -2.17. The Bertz CT molecular complexity index is 967. The lowest BCUT2D eigenvalue weighted by atomic mass is 10.0. The molecule has 1 N–H and O–H groups in total. The number of benzene rings is 2. The van der Waals surface area contributed by atoms with Crippen molar-refractivity contribution in [1.29, 1.82) is 0 Å². The summed E-state index contributed by atoms with van der Waals surface area (Å²) in [5, 5.41) is 4.89. The molecule has 3 rings (SSSR count). The van der Waals surface area contributed by atoms with Gasteiger partial charge in [-0.2, -0.15) is 0 Å². The highest BCUT2D eigenvalue weighted by Gasteiger charge is 2.17. The first kappa shape index (κ1) is 16.9. The van der Waals surface area contributed by atoms with E-state index in [1.165, 1.54) is 17.0 Å². The van der Waals surface area contributed by atoms with Gasteiger partial charge in [-0.15, -0.1) is 0 Å². The highest BCUT2D eigenvalue weighted by molar-refractivity contribution is 6.10. The third-order valence-electron chi connectivity index (χ3n) is 4.21. The highest BCUT2D eigenvalue weighted by Crippen LogP contribution is 2.31. The number of rotatable bonds is 3. The molecule has 0 unspecified atom stereocenters. The summed E-state index contributed by atoms with van der Waals surface area (Å²) in [5.41, 5.74) is 3.11. The normalized spacial score (nSPS) is 10.8. The quantitative estimate of drug-likeness (QED) is 0.769. The molecule has 0 aliphatic carbocycles. The number of nitrogens with zero attached hydrogens (tertiary/aromatic N) is 2. The van der Waals surface area contributed by atoms with Crippen molar-refractivity contribution in [3.63, 3.8) is 0 Å². The fraction of sp³-hybridized carbons (Fsp3) is 0.200. The number of amides is 1. The van der Waals surface area contributed by atoms with Gasteiger partial charge in [0, 0.05) is 36.8 Å². The summed E-state index contributed by atoms with van der Waals surface area (Å²) in [6.45, 7) is 3.87. The van der Waals surface area contributed by atoms with E-state index in [1.807, 2.05) is 32.0 Å². The van der Waals surface area contributed by atoms with Gasteiger partial charge in [0.25, 0.3) is 5.91 Å². The maximum atomic E-state index is 13.6. The van der Waals surface area contributed by atoms with Crippen LogP contribution in [0.25, 0.3) is 10.8 Å². The summed E-state index contributed by atoms with van der Waals surface area (Å²) < 4.78 is 13.6. The van der Waals surface area contributed by atoms with Crippen molar-refractivity contribution >= 4 is 28.2 Å². The molecule has 0 aliphatic rings. The van der Waals surface area contributed by atoms with Crippen molar-refractivity contribution in [2.24, 2.45) is 0 Å². The molecule has 0 saturated carbocycles. The Morgan fingerprint density at radius 1 is 1.12 bits per heavy atom. The standard InChI is InChI=1S/C20H20FN3O/c1-12-8-9-14(21)10-17(12)23-19-15-7-5-6-13(2)18(15)16(11-22-19)20(25)24(3)4/h5-11H,1-4H3,(H,22,23). The molecule has 128 valence electrons. The number of anilines is 2. The van der Waals surface area contributed by atoms with E-state index in [-0.39, 0.29) is 11.7 Å². The van der Waals surface area contributed by atoms with Crippen molar-refractivity contribution < 1.29 is 9.18 Å². The van der Waals surface area contributed by atoms with Crippen LogP contribution in [0, 0.1) is 19.7 Å². The third-order valence-corrected chi connectivity index (χ3v) is 4.21. The van der Waals surface area contributed by atoms with Crippen LogP contribution in [0.2, 0.25) is 0 Å². The average molecular weight is 337 g/mol. The number of hydrogen-bond acceptors (Lipinski definition) is 3. The van der Waals surface area contributed by atoms with E-state index >= 15 is 0 Å². The lowest BCUT2D eigenvalue weighted by Crippen LogP contribution is -2.22. The molecule has 0 bridgehead atoms. The first-order valence-electron chi connectivity index (χ1n) is 8.01. The molecule has 0 saturated heterocycles. The van der Waals surface area contributed by atoms with Crippen molar-refractivity contribution in [2.45, 2.75) is 13.8 Å². The van der Waals surface area contributed by atoms with E-state index in [1.54, 1.807) is 26.4 Å². The molecule has 1 aromatic heterocycles. The van der Waals surface area contributed by atoms with Gasteiger partial charge in [-0.25, -0.2) is 9.37 Å². The minimum absolute atomic E-state index is 0.0970. The topological polar surface area (TPSA) is 45.2 Å². The van der Waals surface area contributed by atoms with E-state index in [2.05, 4.69) is 10.3 Å². The van der Waals surface area contributed by atoms with Crippen LogP contribution >= 0.6 is 0 Å². The van der Waals surface area contributed by atoms with Gasteiger partial charge in [0.2, 0.25) is 0 Å². The Labute approximate surface area is 146 Å². The average Bonchev–Trinajstić information content (AvgIpc) is 2.58. The Morgan fingerprint density at radius 3 is 2.60 bits per heavy atom. The molecular formula is C20H20FN3O. The summed E-state index contributed by atoms with van der Waals surface area (Å²) in [7, 11) is 3.43. The van der Waals surface area contributed by atoms with E-state index < -0.39 is 0 Å². The maximum absolute atomic E-state index is 13.6. The lowest BCUT2D eigenvalue weighted by molar-refractivity contribution is 0.0829. The number of aromatic nitrogens is 1. The van der Waals surface area contributed by atoms with Gasteiger partial charge in [-0.1, -0.05) is 24.3 Å². The van der Waals surface area contributed by atoms with Crippen LogP contribution in [0.5, 0.6) is 0 Å². The summed E-state index contributed by atoms with van der Waals surface area (Å²) in [4.78, 5) is 18.5. The number of pyridine rings is 1. The van der Waals surface area contributed by atoms with Crippen molar-refractivity contribution in [3.8, 4) is 0 Å². The molecule has 2 aromatic carbocycles. The van der Waals surface area contributed by atoms with Gasteiger partial charge in [0.05, 0.1) is 5.56 Å². The van der Waals surface area contributed by atoms with Gasteiger partial charge in [-0.05, 0) is 37.1 Å². The van der Waals surface area contributed by atoms with E-state index in [9.17, 15) is 9.18 Å². The summed E-state index contributed by atoms with van der Waals surface area (Å²) >= 11 is 0. The predicted octanol–water partition coefficient (Wildman–Crippen LogP) is 4.44. The molecule has 0 radical (unpaired) electrons. The van der Waals surface area contributed by atoms with Crippen molar-refractivity contribution in [2.75, 3.05) is 19.4 Å². The van der Waals surface area contributed by atoms with Crippen molar-refractivity contribution in [1.82, 2.24) is 9.88 Å². The number of carbonyl (C=O) groups excluding carboxylic acids is 1. The van der Waals surface area contributed by atoms with Gasteiger partial charge in [0.1, 0.15) is 11.6 Å². The van der Waals surface area contributed by atoms with Gasteiger partial charge in [0.15, 0.2) is 0 Å². The first-order valence-corrected chi connectivity index (χ1v) is 8.01. The second kappa shape index (κ2) is 6.51. The van der Waals surface area contributed by atoms with Gasteiger partial charge in [-0.3, -0.25) is 4.79 Å². The van der Waals surface area contributed by atoms with Crippen LogP contribution in [-0.2, 0) is 0 Å². The molecule has 0 spiro atoms. The Hall–Kier alpha value is -2.95. The van der Waals surface area contributed by atoms with Crippen LogP contribution in [0.15, 0.2) is 42.6 Å². The van der Waals surface area contributed by atoms with E-state index in [4.69, 9.17) is 0 Å². The molecular weight excluding hydrogens is 317 g/mol. The molecule has 4 nitrogen and oxygen atoms in total. The monoisotopic (exact) mass is 337 g/mol. The number of aryl methyl sites for hydroxylation is 2. The molecule has 3 aromatic rings. The first-order chi connectivity index (χ1) is 11.9. The van der Waals surface area contributed by atoms with Crippen molar-refractivity contribution in [3.05, 3.63) is 65.1 Å². The third kappa shape index (κ3) is 3.18. The molecule has 5 heteroatoms. The summed E-state index contributed by atoms with van der Waals surface area (Å²) in [5.74, 6) is 0.191. The zero-order valence-corrected chi connectivity index (χ0v) is 14.7. The smallest absolute Gasteiger partial charge is 0.255 e. The fourth-order valence-electron chi connectivity index (χ4n) is 2.84. The zero-order chi connectivity index (χ0) is 18.1. The van der Waals surface area contributed by atoms with Gasteiger partial charge < -0.3 is 10.2 Å². The number of carbonyl (C=O) groups is 1. The summed E-state index contributed by atoms with van der Waals surface area (Å²) in [6, 6.07) is 10.4. The fourth-order valence-corrected chi connectivity index (χ4v) is 2.84. The number of fused-ring (bicyclic) bond motifs is 1. The summed E-state index contributed by atoms with van der Waals surface area (Å²) in [6.07, 6.45) is 1.58. The predicted molar refractivity (Wildman–Crippen MR) is 98.9 cm³/mol. The minimum Gasteiger partial charge on any atom is -0.345 e. The van der Waals surface area contributed by atoms with Crippen LogP contribution in [0.3, 0.4) is 0 Å².